The van der Waals surface area contributed by atoms with Crippen LogP contribution in [0, 0.1) is 6.92 Å². The van der Waals surface area contributed by atoms with Crippen LogP contribution in [0.4, 0.5) is 0 Å². The fourth-order valence-electron chi connectivity index (χ4n) is 5.88. The second kappa shape index (κ2) is 9.39. The van der Waals surface area contributed by atoms with Gasteiger partial charge in [0.05, 0.1) is 19.0 Å². The first-order chi connectivity index (χ1) is 16.8. The number of aryl methyl sites for hydroxylation is 1. The van der Waals surface area contributed by atoms with Gasteiger partial charge in [-0.3, -0.25) is 0 Å². The van der Waals surface area contributed by atoms with E-state index in [9.17, 15) is 0 Å². The van der Waals surface area contributed by atoms with E-state index < -0.39 is 8.07 Å². The molecule has 0 radical (unpaired) electrons. The maximum absolute atomic E-state index is 2.50. The zero-order chi connectivity index (χ0) is 24.7. The van der Waals surface area contributed by atoms with Gasteiger partial charge in [0.1, 0.15) is 7.05 Å². The van der Waals surface area contributed by atoms with Crippen molar-refractivity contribution in [1.82, 2.24) is 0 Å². The van der Waals surface area contributed by atoms with E-state index in [-0.39, 0.29) is 0 Å². The standard InChI is InChI=1S/C33H40NSi/c1-23(2)35(5,6)29-16-17-30-27(20-29)18-19-34(4)33(30)32-22-28(25-12-8-7-9-13-25)21-31(24(32)3)26-14-10-11-15-26/h7-9,12-13,16-23,26H,10-11,14-15H2,1-6H3/q+1. The molecule has 0 saturated heterocycles. The summed E-state index contributed by atoms with van der Waals surface area (Å²) in [5.41, 5.74) is 9.11. The Labute approximate surface area is 212 Å². The summed E-state index contributed by atoms with van der Waals surface area (Å²) in [5.74, 6) is 0.683. The number of aromatic nitrogens is 1. The lowest BCUT2D eigenvalue weighted by Gasteiger charge is -2.27. The number of pyridine rings is 1. The van der Waals surface area contributed by atoms with Crippen molar-refractivity contribution in [2.24, 2.45) is 7.05 Å². The fraction of sp³-hybridized carbons (Fsp3) is 0.364. The molecule has 1 aromatic heterocycles. The summed E-state index contributed by atoms with van der Waals surface area (Å²) in [7, 11) is 0.726. The Morgan fingerprint density at radius 2 is 1.57 bits per heavy atom. The highest BCUT2D eigenvalue weighted by molar-refractivity contribution is 6.91. The Kier molecular flexibility index (Phi) is 6.44. The van der Waals surface area contributed by atoms with E-state index in [1.165, 1.54) is 64.4 Å². The van der Waals surface area contributed by atoms with E-state index >= 15 is 0 Å². The summed E-state index contributed by atoms with van der Waals surface area (Å²) < 4.78 is 2.34. The van der Waals surface area contributed by atoms with Gasteiger partial charge in [-0.05, 0) is 71.0 Å². The molecule has 1 aliphatic carbocycles. The van der Waals surface area contributed by atoms with Gasteiger partial charge in [-0.15, -0.1) is 0 Å². The first kappa shape index (κ1) is 24.0. The number of benzene rings is 3. The SMILES string of the molecule is Cc1c(-c2c3ccc([Si](C)(C)C(C)C)cc3cc[n+]2C)cc(-c2ccccc2)cc1C1CCCC1. The highest BCUT2D eigenvalue weighted by atomic mass is 28.3. The van der Waals surface area contributed by atoms with E-state index in [0.29, 0.717) is 5.92 Å². The molecule has 35 heavy (non-hydrogen) atoms. The molecule has 0 unspecified atom stereocenters. The summed E-state index contributed by atoms with van der Waals surface area (Å²) in [4.78, 5) is 0. The summed E-state index contributed by atoms with van der Waals surface area (Å²) >= 11 is 0. The van der Waals surface area contributed by atoms with E-state index in [0.717, 1.165) is 5.54 Å². The summed E-state index contributed by atoms with van der Waals surface area (Å²) in [6.07, 6.45) is 7.61. The number of rotatable bonds is 5. The predicted octanol–water partition coefficient (Wildman–Crippen LogP) is 8.29. The van der Waals surface area contributed by atoms with Crippen molar-refractivity contribution in [3.63, 3.8) is 0 Å². The fourth-order valence-corrected chi connectivity index (χ4v) is 7.59. The van der Waals surface area contributed by atoms with E-state index in [1.54, 1.807) is 10.8 Å². The van der Waals surface area contributed by atoms with Crippen LogP contribution in [0.25, 0.3) is 33.2 Å². The van der Waals surface area contributed by atoms with Gasteiger partial charge in [0.25, 0.3) is 0 Å². The van der Waals surface area contributed by atoms with Gasteiger partial charge in [0.15, 0.2) is 6.20 Å². The maximum Gasteiger partial charge on any atom is 0.220 e. The third-order valence-electron chi connectivity index (χ3n) is 8.93. The molecule has 1 saturated carbocycles. The quantitative estimate of drug-likeness (QED) is 0.201. The van der Waals surface area contributed by atoms with Crippen molar-refractivity contribution in [1.29, 1.82) is 0 Å². The van der Waals surface area contributed by atoms with E-state index in [2.05, 4.69) is 118 Å². The summed E-state index contributed by atoms with van der Waals surface area (Å²) in [5, 5.41) is 4.28. The normalized spacial score (nSPS) is 14.8. The van der Waals surface area contributed by atoms with Crippen molar-refractivity contribution in [2.75, 3.05) is 0 Å². The van der Waals surface area contributed by atoms with Crippen molar-refractivity contribution < 1.29 is 4.57 Å². The average molecular weight is 479 g/mol. The molecule has 1 heterocycles. The number of hydrogen-bond acceptors (Lipinski definition) is 0. The van der Waals surface area contributed by atoms with Crippen LogP contribution in [-0.4, -0.2) is 8.07 Å². The van der Waals surface area contributed by atoms with Gasteiger partial charge in [-0.2, -0.15) is 0 Å². The molecule has 0 spiro atoms. The monoisotopic (exact) mass is 478 g/mol. The number of hydrogen-bond donors (Lipinski definition) is 0. The molecule has 0 atom stereocenters. The van der Waals surface area contributed by atoms with Crippen LogP contribution in [0.1, 0.15) is 56.6 Å². The van der Waals surface area contributed by atoms with Crippen LogP contribution in [-0.2, 0) is 7.05 Å². The third kappa shape index (κ3) is 4.38. The minimum Gasteiger partial charge on any atom is -0.200 e. The molecule has 1 nitrogen and oxygen atoms in total. The lowest BCUT2D eigenvalue weighted by atomic mass is 9.85. The maximum atomic E-state index is 2.50. The highest BCUT2D eigenvalue weighted by Crippen LogP contribution is 2.41. The molecule has 5 rings (SSSR count). The lowest BCUT2D eigenvalue weighted by Crippen LogP contribution is -2.44. The van der Waals surface area contributed by atoms with Gasteiger partial charge in [-0.1, -0.05) is 93.5 Å². The molecule has 0 aliphatic heterocycles. The highest BCUT2D eigenvalue weighted by Gasteiger charge is 2.29. The van der Waals surface area contributed by atoms with Crippen LogP contribution < -0.4 is 9.75 Å². The molecule has 1 fully saturated rings. The van der Waals surface area contributed by atoms with Crippen molar-refractivity contribution in [2.45, 2.75) is 71.0 Å². The summed E-state index contributed by atoms with van der Waals surface area (Å²) in [6, 6.07) is 25.5. The minimum atomic E-state index is -1.48. The van der Waals surface area contributed by atoms with Gasteiger partial charge in [-0.25, -0.2) is 4.57 Å². The van der Waals surface area contributed by atoms with Gasteiger partial charge >= 0.3 is 0 Å². The lowest BCUT2D eigenvalue weighted by molar-refractivity contribution is -0.659. The molecule has 180 valence electrons. The molecule has 4 aromatic rings. The van der Waals surface area contributed by atoms with E-state index in [1.807, 2.05) is 0 Å². The Morgan fingerprint density at radius 3 is 2.26 bits per heavy atom. The Morgan fingerprint density at radius 1 is 0.857 bits per heavy atom. The average Bonchev–Trinajstić information content (AvgIpc) is 3.39. The zero-order valence-corrected chi connectivity index (χ0v) is 23.4. The smallest absolute Gasteiger partial charge is 0.200 e. The Balaban J connectivity index is 1.75. The third-order valence-corrected chi connectivity index (χ3v) is 13.6. The second-order valence-corrected chi connectivity index (χ2v) is 16.7. The molecular formula is C33H40NSi+. The predicted molar refractivity (Wildman–Crippen MR) is 154 cm³/mol. The van der Waals surface area contributed by atoms with Crippen molar-refractivity contribution >= 4 is 24.0 Å². The molecular weight excluding hydrogens is 438 g/mol. The number of fused-ring (bicyclic) bond motifs is 1. The molecule has 0 amide bonds. The van der Waals surface area contributed by atoms with Crippen molar-refractivity contribution in [3.8, 4) is 22.4 Å². The zero-order valence-electron chi connectivity index (χ0n) is 22.4. The first-order valence-corrected chi connectivity index (χ1v) is 16.5. The van der Waals surface area contributed by atoms with Gasteiger partial charge in [0, 0.05) is 6.07 Å². The van der Waals surface area contributed by atoms with Crippen LogP contribution in [0.15, 0.2) is 72.9 Å². The molecule has 3 aromatic carbocycles. The first-order valence-electron chi connectivity index (χ1n) is 13.4. The van der Waals surface area contributed by atoms with E-state index in [4.69, 9.17) is 0 Å². The Bertz CT molecular complexity index is 1360. The topological polar surface area (TPSA) is 3.88 Å². The molecule has 1 aliphatic rings. The van der Waals surface area contributed by atoms with Gasteiger partial charge < -0.3 is 0 Å². The molecule has 0 N–H and O–H groups in total. The molecule has 2 heteroatoms. The largest absolute Gasteiger partial charge is 0.220 e. The number of nitrogens with zero attached hydrogens (tertiary/aromatic N) is 1. The molecule has 0 bridgehead atoms. The van der Waals surface area contributed by atoms with Crippen LogP contribution in [0.5, 0.6) is 0 Å². The second-order valence-electron chi connectivity index (χ2n) is 11.5. The summed E-state index contributed by atoms with van der Waals surface area (Å²) in [6.45, 7) is 12.1. The minimum absolute atomic E-state index is 0.683. The van der Waals surface area contributed by atoms with Crippen LogP contribution >= 0.6 is 0 Å². The van der Waals surface area contributed by atoms with Crippen molar-refractivity contribution in [3.05, 3.63) is 84.1 Å². The van der Waals surface area contributed by atoms with Crippen LogP contribution in [0.3, 0.4) is 0 Å². The van der Waals surface area contributed by atoms with Gasteiger partial charge in [0.2, 0.25) is 5.69 Å². The Hall–Kier alpha value is -2.71. The van der Waals surface area contributed by atoms with Crippen LogP contribution in [0.2, 0.25) is 18.6 Å².